The average molecular weight is 486 g/mol. The van der Waals surface area contributed by atoms with Gasteiger partial charge in [-0.2, -0.15) is 0 Å². The second kappa shape index (κ2) is 11.4. The molecule has 0 radical (unpaired) electrons. The highest BCUT2D eigenvalue weighted by atomic mass is 35.5. The van der Waals surface area contributed by atoms with Gasteiger partial charge in [0.2, 0.25) is 0 Å². The SMILES string of the molecule is CCCCOC1(OCCc2nc(C(C)C)c(Sc3cc(Cl)cc(Cl)c3)n2C)CCCC1. The van der Waals surface area contributed by atoms with Crippen LogP contribution in [0.5, 0.6) is 0 Å². The quantitative estimate of drug-likeness (QED) is 0.242. The molecule has 0 amide bonds. The Kier molecular flexibility index (Phi) is 9.18. The van der Waals surface area contributed by atoms with Gasteiger partial charge in [-0.1, -0.05) is 62.2 Å². The molecule has 1 saturated carbocycles. The average Bonchev–Trinajstić information content (AvgIpc) is 3.28. The number of ether oxygens (including phenoxy) is 2. The van der Waals surface area contributed by atoms with Crippen molar-refractivity contribution in [1.82, 2.24) is 9.55 Å². The molecule has 7 heteroatoms. The van der Waals surface area contributed by atoms with Crippen LogP contribution in [0, 0.1) is 0 Å². The normalized spacial score (nSPS) is 15.8. The number of aromatic nitrogens is 2. The van der Waals surface area contributed by atoms with Crippen molar-refractivity contribution in [2.24, 2.45) is 7.05 Å². The predicted molar refractivity (Wildman–Crippen MR) is 130 cm³/mol. The number of benzene rings is 1. The zero-order valence-electron chi connectivity index (χ0n) is 19.0. The van der Waals surface area contributed by atoms with E-state index in [1.165, 1.54) is 12.8 Å². The molecule has 0 N–H and O–H groups in total. The monoisotopic (exact) mass is 484 g/mol. The molecule has 31 heavy (non-hydrogen) atoms. The topological polar surface area (TPSA) is 36.3 Å². The van der Waals surface area contributed by atoms with Crippen molar-refractivity contribution < 1.29 is 9.47 Å². The summed E-state index contributed by atoms with van der Waals surface area (Å²) < 4.78 is 14.7. The third-order valence-corrected chi connectivity index (χ3v) is 7.26. The first kappa shape index (κ1) is 24.9. The molecule has 2 aromatic rings. The van der Waals surface area contributed by atoms with Gasteiger partial charge in [-0.05, 0) is 43.4 Å². The first-order valence-corrected chi connectivity index (χ1v) is 12.9. The van der Waals surface area contributed by atoms with Crippen LogP contribution in [0.2, 0.25) is 10.0 Å². The summed E-state index contributed by atoms with van der Waals surface area (Å²) in [6.07, 6.45) is 7.31. The fourth-order valence-electron chi connectivity index (χ4n) is 3.95. The Morgan fingerprint density at radius 2 is 1.74 bits per heavy atom. The van der Waals surface area contributed by atoms with Crippen LogP contribution in [0.4, 0.5) is 0 Å². The molecule has 4 nitrogen and oxygen atoms in total. The summed E-state index contributed by atoms with van der Waals surface area (Å²) in [6, 6.07) is 5.63. The highest BCUT2D eigenvalue weighted by Gasteiger charge is 2.35. The Bertz CT molecular complexity index is 843. The molecule has 1 aromatic heterocycles. The molecule has 1 aromatic carbocycles. The van der Waals surface area contributed by atoms with Gasteiger partial charge in [0, 0.05) is 41.3 Å². The van der Waals surface area contributed by atoms with Crippen molar-refractivity contribution >= 4 is 35.0 Å². The summed E-state index contributed by atoms with van der Waals surface area (Å²) in [5.74, 6) is 0.952. The number of rotatable bonds is 11. The van der Waals surface area contributed by atoms with Gasteiger partial charge in [-0.15, -0.1) is 0 Å². The zero-order valence-corrected chi connectivity index (χ0v) is 21.4. The molecule has 1 aliphatic rings. The maximum Gasteiger partial charge on any atom is 0.168 e. The van der Waals surface area contributed by atoms with Crippen LogP contribution in [-0.2, 0) is 22.9 Å². The minimum absolute atomic E-state index is 0.316. The molecule has 0 saturated heterocycles. The molecular weight excluding hydrogens is 451 g/mol. The van der Waals surface area contributed by atoms with E-state index >= 15 is 0 Å². The number of imidazole rings is 1. The number of halogens is 2. The van der Waals surface area contributed by atoms with Crippen molar-refractivity contribution in [3.8, 4) is 0 Å². The lowest BCUT2D eigenvalue weighted by Gasteiger charge is -2.29. The van der Waals surface area contributed by atoms with E-state index in [9.17, 15) is 0 Å². The largest absolute Gasteiger partial charge is 0.350 e. The fraction of sp³-hybridized carbons (Fsp3) is 0.625. The summed E-state index contributed by atoms with van der Waals surface area (Å²) >= 11 is 14.1. The molecule has 0 unspecified atom stereocenters. The van der Waals surface area contributed by atoms with E-state index in [0.717, 1.165) is 60.2 Å². The Hall–Kier alpha value is -0.720. The van der Waals surface area contributed by atoms with Crippen molar-refractivity contribution in [2.45, 2.75) is 87.3 Å². The van der Waals surface area contributed by atoms with E-state index < -0.39 is 5.79 Å². The Labute approximate surface area is 201 Å². The van der Waals surface area contributed by atoms with E-state index in [1.54, 1.807) is 17.8 Å². The first-order chi connectivity index (χ1) is 14.8. The van der Waals surface area contributed by atoms with Crippen LogP contribution in [0.1, 0.15) is 76.7 Å². The molecule has 0 atom stereocenters. The van der Waals surface area contributed by atoms with Gasteiger partial charge in [0.15, 0.2) is 5.79 Å². The lowest BCUT2D eigenvalue weighted by molar-refractivity contribution is -0.232. The van der Waals surface area contributed by atoms with Gasteiger partial charge in [0.25, 0.3) is 0 Å². The maximum atomic E-state index is 6.34. The molecule has 1 fully saturated rings. The predicted octanol–water partition coefficient (Wildman–Crippen LogP) is 7.65. The smallest absolute Gasteiger partial charge is 0.168 e. The van der Waals surface area contributed by atoms with Gasteiger partial charge in [0.1, 0.15) is 10.9 Å². The molecular formula is C24H34Cl2N2O2S. The molecule has 1 aliphatic carbocycles. The van der Waals surface area contributed by atoms with Crippen LogP contribution in [0.15, 0.2) is 28.1 Å². The summed E-state index contributed by atoms with van der Waals surface area (Å²) in [4.78, 5) is 5.98. The van der Waals surface area contributed by atoms with E-state index in [1.807, 2.05) is 12.1 Å². The van der Waals surface area contributed by atoms with E-state index in [2.05, 4.69) is 32.4 Å². The van der Waals surface area contributed by atoms with Crippen molar-refractivity contribution in [3.05, 3.63) is 39.8 Å². The lowest BCUT2D eigenvalue weighted by Crippen LogP contribution is -2.34. The van der Waals surface area contributed by atoms with Gasteiger partial charge in [-0.3, -0.25) is 0 Å². The number of nitrogens with zero attached hydrogens (tertiary/aromatic N) is 2. The van der Waals surface area contributed by atoms with E-state index in [0.29, 0.717) is 22.6 Å². The standard InChI is InChI=1S/C24H34Cl2N2O2S/c1-5-6-12-29-24(10-7-8-11-24)30-13-9-21-27-22(17(2)3)23(28(21)4)31-20-15-18(25)14-19(26)16-20/h14-17H,5-13H2,1-4H3. The Morgan fingerprint density at radius 3 is 2.35 bits per heavy atom. The lowest BCUT2D eigenvalue weighted by atomic mass is 10.1. The zero-order chi connectivity index (χ0) is 22.4. The summed E-state index contributed by atoms with van der Waals surface area (Å²) in [7, 11) is 2.08. The summed E-state index contributed by atoms with van der Waals surface area (Å²) in [5, 5.41) is 2.40. The van der Waals surface area contributed by atoms with Crippen molar-refractivity contribution in [1.29, 1.82) is 0 Å². The highest BCUT2D eigenvalue weighted by Crippen LogP contribution is 2.37. The fourth-order valence-corrected chi connectivity index (χ4v) is 5.82. The molecule has 0 aliphatic heterocycles. The minimum atomic E-state index is -0.393. The van der Waals surface area contributed by atoms with Crippen LogP contribution >= 0.6 is 35.0 Å². The second-order valence-electron chi connectivity index (χ2n) is 8.56. The van der Waals surface area contributed by atoms with Crippen molar-refractivity contribution in [3.63, 3.8) is 0 Å². The second-order valence-corrected chi connectivity index (χ2v) is 10.5. The van der Waals surface area contributed by atoms with Crippen LogP contribution in [-0.4, -0.2) is 28.6 Å². The number of hydrogen-bond donors (Lipinski definition) is 0. The maximum absolute atomic E-state index is 6.34. The third-order valence-electron chi connectivity index (χ3n) is 5.68. The molecule has 1 heterocycles. The van der Waals surface area contributed by atoms with Gasteiger partial charge >= 0.3 is 0 Å². The number of unbranched alkanes of at least 4 members (excludes halogenated alkanes) is 1. The Morgan fingerprint density at radius 1 is 1.10 bits per heavy atom. The van der Waals surface area contributed by atoms with Gasteiger partial charge < -0.3 is 14.0 Å². The van der Waals surface area contributed by atoms with Gasteiger partial charge in [0.05, 0.1) is 18.9 Å². The van der Waals surface area contributed by atoms with Crippen LogP contribution in [0.3, 0.4) is 0 Å². The van der Waals surface area contributed by atoms with Gasteiger partial charge in [-0.25, -0.2) is 4.98 Å². The first-order valence-electron chi connectivity index (χ1n) is 11.3. The molecule has 172 valence electrons. The van der Waals surface area contributed by atoms with Crippen LogP contribution < -0.4 is 0 Å². The summed E-state index contributed by atoms with van der Waals surface area (Å²) in [6.45, 7) is 7.92. The molecule has 0 bridgehead atoms. The molecule has 0 spiro atoms. The van der Waals surface area contributed by atoms with Crippen molar-refractivity contribution in [2.75, 3.05) is 13.2 Å². The molecule has 3 rings (SSSR count). The summed E-state index contributed by atoms with van der Waals surface area (Å²) in [5.41, 5.74) is 1.09. The van der Waals surface area contributed by atoms with E-state index in [-0.39, 0.29) is 0 Å². The third kappa shape index (κ3) is 6.64. The van der Waals surface area contributed by atoms with E-state index in [4.69, 9.17) is 37.7 Å². The number of hydrogen-bond acceptors (Lipinski definition) is 4. The van der Waals surface area contributed by atoms with Crippen LogP contribution in [0.25, 0.3) is 0 Å². The highest BCUT2D eigenvalue weighted by molar-refractivity contribution is 7.99. The Balaban J connectivity index is 1.71. The minimum Gasteiger partial charge on any atom is -0.350 e.